The predicted molar refractivity (Wildman–Crippen MR) is 99.1 cm³/mol. The number of imide groups is 1. The zero-order valence-electron chi connectivity index (χ0n) is 14.2. The number of nitrogens with one attached hydrogen (secondary N) is 2. The molecule has 2 amide bonds. The average Bonchev–Trinajstić information content (AvgIpc) is 3.14. The minimum atomic E-state index is -0.237. The molecule has 0 atom stereocenters. The number of carbonyl (C=O) groups excluding carboxylic acids is 2. The molecule has 1 aliphatic rings. The van der Waals surface area contributed by atoms with Crippen LogP contribution >= 0.6 is 11.3 Å². The van der Waals surface area contributed by atoms with E-state index in [1.54, 1.807) is 42.6 Å². The van der Waals surface area contributed by atoms with Crippen LogP contribution in [0.2, 0.25) is 0 Å². The van der Waals surface area contributed by atoms with Crippen LogP contribution in [0, 0.1) is 6.92 Å². The maximum absolute atomic E-state index is 12.3. The fraction of sp³-hybridized carbons (Fsp3) is 0.278. The third-order valence-electron chi connectivity index (χ3n) is 4.11. The Morgan fingerprint density at radius 3 is 2.36 bits per heavy atom. The molecule has 0 saturated heterocycles. The van der Waals surface area contributed by atoms with Crippen molar-refractivity contribution in [3.8, 4) is 0 Å². The third-order valence-corrected chi connectivity index (χ3v) is 5.14. The summed E-state index contributed by atoms with van der Waals surface area (Å²) in [6.45, 7) is 3.50. The van der Waals surface area contributed by atoms with Crippen LogP contribution in [0.3, 0.4) is 0 Å². The number of carbonyl (C=O) groups is 2. The van der Waals surface area contributed by atoms with Gasteiger partial charge >= 0.3 is 0 Å². The Kier molecular flexibility index (Phi) is 5.14. The van der Waals surface area contributed by atoms with E-state index in [0.717, 1.165) is 0 Å². The first-order chi connectivity index (χ1) is 12.1. The number of aryl methyl sites for hydroxylation is 1. The summed E-state index contributed by atoms with van der Waals surface area (Å²) in [4.78, 5) is 31.3. The second-order valence-electron chi connectivity index (χ2n) is 5.69. The fourth-order valence-corrected chi connectivity index (χ4v) is 3.54. The van der Waals surface area contributed by atoms with Crippen molar-refractivity contribution < 1.29 is 9.59 Å². The Balaban J connectivity index is 1.51. The topological polar surface area (TPSA) is 73.8 Å². The SMILES string of the molecule is CN=C(NCCN1C(=O)c2ccccc2C1=O)NCc1sccc1C. The van der Waals surface area contributed by atoms with Gasteiger partial charge in [0.2, 0.25) is 0 Å². The second-order valence-corrected chi connectivity index (χ2v) is 6.69. The molecule has 0 spiro atoms. The van der Waals surface area contributed by atoms with Crippen LogP contribution in [0.5, 0.6) is 0 Å². The lowest BCUT2D eigenvalue weighted by atomic mass is 10.1. The molecule has 0 aliphatic carbocycles. The number of fused-ring (bicyclic) bond motifs is 1. The number of nitrogens with zero attached hydrogens (tertiary/aromatic N) is 2. The minimum Gasteiger partial charge on any atom is -0.355 e. The molecule has 2 N–H and O–H groups in total. The Morgan fingerprint density at radius 1 is 1.12 bits per heavy atom. The Labute approximate surface area is 150 Å². The standard InChI is InChI=1S/C18H20N4O2S/c1-12-7-10-25-15(12)11-21-18(19-2)20-8-9-22-16(23)13-5-3-4-6-14(13)17(22)24/h3-7,10H,8-9,11H2,1-2H3,(H2,19,20,21). The quantitative estimate of drug-likeness (QED) is 0.488. The zero-order chi connectivity index (χ0) is 17.8. The molecule has 0 fully saturated rings. The van der Waals surface area contributed by atoms with Gasteiger partial charge < -0.3 is 10.6 Å². The number of aliphatic imine (C=N–C) groups is 1. The van der Waals surface area contributed by atoms with Crippen molar-refractivity contribution in [3.05, 3.63) is 57.3 Å². The molecule has 1 aromatic carbocycles. The average molecular weight is 356 g/mol. The number of benzene rings is 1. The monoisotopic (exact) mass is 356 g/mol. The highest BCUT2D eigenvalue weighted by Gasteiger charge is 2.34. The maximum Gasteiger partial charge on any atom is 0.261 e. The van der Waals surface area contributed by atoms with Gasteiger partial charge in [-0.05, 0) is 36.1 Å². The van der Waals surface area contributed by atoms with E-state index in [1.165, 1.54) is 15.3 Å². The van der Waals surface area contributed by atoms with Gasteiger partial charge in [-0.25, -0.2) is 0 Å². The number of guanidine groups is 1. The van der Waals surface area contributed by atoms with Gasteiger partial charge in [0, 0.05) is 25.0 Å². The van der Waals surface area contributed by atoms with Crippen molar-refractivity contribution in [2.75, 3.05) is 20.1 Å². The summed E-state index contributed by atoms with van der Waals surface area (Å²) in [5.74, 6) is 0.170. The van der Waals surface area contributed by atoms with Crippen molar-refractivity contribution in [2.24, 2.45) is 4.99 Å². The molecule has 0 radical (unpaired) electrons. The molecule has 1 aliphatic heterocycles. The highest BCUT2D eigenvalue weighted by molar-refractivity contribution is 7.10. The van der Waals surface area contributed by atoms with E-state index < -0.39 is 0 Å². The Morgan fingerprint density at radius 2 is 1.80 bits per heavy atom. The molecule has 2 heterocycles. The normalized spacial score (nSPS) is 14.0. The fourth-order valence-electron chi connectivity index (χ4n) is 2.70. The molecule has 0 bridgehead atoms. The molecular formula is C18H20N4O2S. The third kappa shape index (κ3) is 3.56. The van der Waals surface area contributed by atoms with E-state index in [4.69, 9.17) is 0 Å². The first kappa shape index (κ1) is 17.2. The summed E-state index contributed by atoms with van der Waals surface area (Å²) < 4.78 is 0. The first-order valence-electron chi connectivity index (χ1n) is 8.04. The molecule has 130 valence electrons. The highest BCUT2D eigenvalue weighted by Crippen LogP contribution is 2.21. The van der Waals surface area contributed by atoms with Crippen LogP contribution in [0.1, 0.15) is 31.2 Å². The second kappa shape index (κ2) is 7.48. The summed E-state index contributed by atoms with van der Waals surface area (Å²) in [6.07, 6.45) is 0. The predicted octanol–water partition coefficient (Wildman–Crippen LogP) is 2.02. The van der Waals surface area contributed by atoms with Gasteiger partial charge in [-0.1, -0.05) is 12.1 Å². The number of thiophene rings is 1. The molecule has 3 rings (SSSR count). The van der Waals surface area contributed by atoms with E-state index in [2.05, 4.69) is 34.0 Å². The number of hydrogen-bond acceptors (Lipinski definition) is 4. The summed E-state index contributed by atoms with van der Waals surface area (Å²) in [7, 11) is 1.69. The highest BCUT2D eigenvalue weighted by atomic mass is 32.1. The van der Waals surface area contributed by atoms with E-state index in [1.807, 2.05) is 0 Å². The van der Waals surface area contributed by atoms with Gasteiger partial charge in [-0.15, -0.1) is 11.3 Å². The lowest BCUT2D eigenvalue weighted by molar-refractivity contribution is 0.0657. The van der Waals surface area contributed by atoms with Crippen molar-refractivity contribution in [1.82, 2.24) is 15.5 Å². The van der Waals surface area contributed by atoms with Crippen LogP contribution in [0.15, 0.2) is 40.7 Å². The minimum absolute atomic E-state index is 0.237. The van der Waals surface area contributed by atoms with Crippen molar-refractivity contribution in [1.29, 1.82) is 0 Å². The van der Waals surface area contributed by atoms with Crippen LogP contribution in [-0.4, -0.2) is 42.8 Å². The van der Waals surface area contributed by atoms with Crippen molar-refractivity contribution in [3.63, 3.8) is 0 Å². The molecule has 6 nitrogen and oxygen atoms in total. The van der Waals surface area contributed by atoms with Gasteiger partial charge in [0.05, 0.1) is 17.7 Å². The molecular weight excluding hydrogens is 336 g/mol. The summed E-state index contributed by atoms with van der Waals surface area (Å²) in [5.41, 5.74) is 2.20. The largest absolute Gasteiger partial charge is 0.355 e. The van der Waals surface area contributed by atoms with Crippen LogP contribution < -0.4 is 10.6 Å². The summed E-state index contributed by atoms with van der Waals surface area (Å²) >= 11 is 1.70. The van der Waals surface area contributed by atoms with Gasteiger partial charge in [-0.2, -0.15) is 0 Å². The summed E-state index contributed by atoms with van der Waals surface area (Å²) in [5, 5.41) is 8.44. The molecule has 25 heavy (non-hydrogen) atoms. The zero-order valence-corrected chi connectivity index (χ0v) is 15.0. The molecule has 7 heteroatoms. The van der Waals surface area contributed by atoms with Gasteiger partial charge in [0.15, 0.2) is 5.96 Å². The van der Waals surface area contributed by atoms with Gasteiger partial charge in [-0.3, -0.25) is 19.5 Å². The summed E-state index contributed by atoms with van der Waals surface area (Å²) in [6, 6.07) is 8.99. The van der Waals surface area contributed by atoms with E-state index >= 15 is 0 Å². The van der Waals surface area contributed by atoms with Crippen molar-refractivity contribution >= 4 is 29.1 Å². The van der Waals surface area contributed by atoms with E-state index in [0.29, 0.717) is 36.7 Å². The van der Waals surface area contributed by atoms with Crippen LogP contribution in [0.25, 0.3) is 0 Å². The number of rotatable bonds is 5. The first-order valence-corrected chi connectivity index (χ1v) is 8.92. The molecule has 2 aromatic rings. The molecule has 0 unspecified atom stereocenters. The van der Waals surface area contributed by atoms with Crippen molar-refractivity contribution in [2.45, 2.75) is 13.5 Å². The molecule has 1 aromatic heterocycles. The van der Waals surface area contributed by atoms with Gasteiger partial charge in [0.25, 0.3) is 11.8 Å². The van der Waals surface area contributed by atoms with Crippen LogP contribution in [0.4, 0.5) is 0 Å². The Hall–Kier alpha value is -2.67. The van der Waals surface area contributed by atoms with E-state index in [-0.39, 0.29) is 11.8 Å². The van der Waals surface area contributed by atoms with Crippen LogP contribution in [-0.2, 0) is 6.54 Å². The van der Waals surface area contributed by atoms with E-state index in [9.17, 15) is 9.59 Å². The maximum atomic E-state index is 12.3. The molecule has 0 saturated carbocycles. The number of amides is 2. The number of hydrogen-bond donors (Lipinski definition) is 2. The van der Waals surface area contributed by atoms with Gasteiger partial charge in [0.1, 0.15) is 0 Å². The lowest BCUT2D eigenvalue weighted by Crippen LogP contribution is -2.42. The smallest absolute Gasteiger partial charge is 0.261 e. The lowest BCUT2D eigenvalue weighted by Gasteiger charge is -2.16. The Bertz CT molecular complexity index is 793.